The Kier molecular flexibility index (Phi) is 4.53. The minimum atomic E-state index is -0.677. The number of benzene rings is 2. The minimum Gasteiger partial charge on any atom is -0.496 e. The lowest BCUT2D eigenvalue weighted by molar-refractivity contribution is 0.218. The van der Waals surface area contributed by atoms with Crippen LogP contribution in [0.1, 0.15) is 33.9 Å². The molecule has 1 unspecified atom stereocenters. The summed E-state index contributed by atoms with van der Waals surface area (Å²) in [4.78, 5) is 0. The largest absolute Gasteiger partial charge is 0.496 e. The zero-order chi connectivity index (χ0) is 15.6. The first-order valence-electron chi connectivity index (χ1n) is 6.95. The Morgan fingerprint density at radius 2 is 1.43 bits per heavy atom. The van der Waals surface area contributed by atoms with Crippen molar-refractivity contribution in [1.82, 2.24) is 0 Å². The highest BCUT2D eigenvalue weighted by Crippen LogP contribution is 2.32. The molecule has 3 heteroatoms. The number of ether oxygens (including phenoxy) is 2. The summed E-state index contributed by atoms with van der Waals surface area (Å²) in [7, 11) is 3.30. The number of aliphatic hydroxyl groups is 1. The first-order chi connectivity index (χ1) is 9.97. The van der Waals surface area contributed by atoms with Crippen LogP contribution >= 0.6 is 0 Å². The average Bonchev–Trinajstić information content (AvgIpc) is 2.49. The van der Waals surface area contributed by atoms with Crippen molar-refractivity contribution in [2.45, 2.75) is 26.9 Å². The molecule has 3 nitrogen and oxygen atoms in total. The summed E-state index contributed by atoms with van der Waals surface area (Å²) in [5, 5.41) is 10.7. The van der Waals surface area contributed by atoms with Gasteiger partial charge in [0, 0.05) is 0 Å². The molecule has 1 atom stereocenters. The number of hydrogen-bond donors (Lipinski definition) is 1. The molecule has 21 heavy (non-hydrogen) atoms. The van der Waals surface area contributed by atoms with Crippen molar-refractivity contribution >= 4 is 0 Å². The smallest absolute Gasteiger partial charge is 0.122 e. The maximum Gasteiger partial charge on any atom is 0.122 e. The molecule has 0 aromatic heterocycles. The van der Waals surface area contributed by atoms with E-state index in [4.69, 9.17) is 9.47 Å². The Morgan fingerprint density at radius 3 is 2.05 bits per heavy atom. The van der Waals surface area contributed by atoms with Gasteiger partial charge >= 0.3 is 0 Å². The third-order valence-electron chi connectivity index (χ3n) is 3.83. The van der Waals surface area contributed by atoms with Gasteiger partial charge in [-0.3, -0.25) is 0 Å². The molecule has 0 aliphatic carbocycles. The van der Waals surface area contributed by atoms with E-state index in [1.807, 2.05) is 51.1 Å². The summed E-state index contributed by atoms with van der Waals surface area (Å²) in [5.41, 5.74) is 4.78. The zero-order valence-electron chi connectivity index (χ0n) is 13.2. The molecule has 0 bridgehead atoms. The molecule has 0 saturated heterocycles. The SMILES string of the molecule is COc1cc(C(O)c2cc(C)c(OC)cc2C)ccc1C. The number of methoxy groups -OCH3 is 2. The predicted octanol–water partition coefficient (Wildman–Crippen LogP) is 3.71. The highest BCUT2D eigenvalue weighted by molar-refractivity contribution is 5.46. The van der Waals surface area contributed by atoms with Gasteiger partial charge in [-0.1, -0.05) is 12.1 Å². The van der Waals surface area contributed by atoms with Gasteiger partial charge in [0.2, 0.25) is 0 Å². The number of aliphatic hydroxyl groups excluding tert-OH is 1. The molecule has 0 amide bonds. The van der Waals surface area contributed by atoms with Crippen LogP contribution in [-0.4, -0.2) is 19.3 Å². The van der Waals surface area contributed by atoms with Gasteiger partial charge < -0.3 is 14.6 Å². The van der Waals surface area contributed by atoms with Gasteiger partial charge in [0.15, 0.2) is 0 Å². The molecular weight excluding hydrogens is 264 g/mol. The average molecular weight is 286 g/mol. The van der Waals surface area contributed by atoms with Crippen molar-refractivity contribution in [2.75, 3.05) is 14.2 Å². The van der Waals surface area contributed by atoms with E-state index in [-0.39, 0.29) is 0 Å². The molecule has 0 heterocycles. The van der Waals surface area contributed by atoms with Crippen LogP contribution < -0.4 is 9.47 Å². The highest BCUT2D eigenvalue weighted by Gasteiger charge is 2.16. The zero-order valence-corrected chi connectivity index (χ0v) is 13.2. The summed E-state index contributed by atoms with van der Waals surface area (Å²) in [6.45, 7) is 5.94. The van der Waals surface area contributed by atoms with Gasteiger partial charge in [-0.2, -0.15) is 0 Å². The van der Waals surface area contributed by atoms with Gasteiger partial charge in [-0.15, -0.1) is 0 Å². The second kappa shape index (κ2) is 6.19. The summed E-state index contributed by atoms with van der Waals surface area (Å²) in [5.74, 6) is 1.62. The first kappa shape index (κ1) is 15.4. The Bertz CT molecular complexity index is 647. The van der Waals surface area contributed by atoms with Crippen molar-refractivity contribution in [3.05, 3.63) is 58.1 Å². The van der Waals surface area contributed by atoms with Crippen LogP contribution in [0, 0.1) is 20.8 Å². The van der Waals surface area contributed by atoms with Gasteiger partial charge in [0.1, 0.15) is 17.6 Å². The summed E-state index contributed by atoms with van der Waals surface area (Å²) < 4.78 is 10.6. The van der Waals surface area contributed by atoms with Gasteiger partial charge in [0.25, 0.3) is 0 Å². The van der Waals surface area contributed by atoms with Crippen molar-refractivity contribution in [2.24, 2.45) is 0 Å². The molecule has 0 fully saturated rings. The molecule has 0 radical (unpaired) electrons. The Hall–Kier alpha value is -2.00. The van der Waals surface area contributed by atoms with Crippen LogP contribution in [0.2, 0.25) is 0 Å². The van der Waals surface area contributed by atoms with E-state index in [9.17, 15) is 5.11 Å². The van der Waals surface area contributed by atoms with Gasteiger partial charge in [0.05, 0.1) is 14.2 Å². The molecule has 0 aliphatic rings. The second-order valence-corrected chi connectivity index (χ2v) is 5.31. The minimum absolute atomic E-state index is 0.677. The van der Waals surface area contributed by atoms with E-state index in [2.05, 4.69) is 0 Å². The number of hydrogen-bond acceptors (Lipinski definition) is 3. The lowest BCUT2D eigenvalue weighted by Gasteiger charge is -2.18. The van der Waals surface area contributed by atoms with Crippen molar-refractivity contribution in [1.29, 1.82) is 0 Å². The summed E-state index contributed by atoms with van der Waals surface area (Å²) >= 11 is 0. The number of aryl methyl sites for hydroxylation is 3. The van der Waals surface area contributed by atoms with Gasteiger partial charge in [-0.25, -0.2) is 0 Å². The Labute approximate surface area is 126 Å². The first-order valence-corrected chi connectivity index (χ1v) is 6.95. The van der Waals surface area contributed by atoms with Crippen molar-refractivity contribution in [3.8, 4) is 11.5 Å². The molecule has 0 saturated carbocycles. The number of rotatable bonds is 4. The molecule has 112 valence electrons. The van der Waals surface area contributed by atoms with E-state index < -0.39 is 6.10 Å². The standard InChI is InChI=1S/C18H22O3/c1-11-6-7-14(10-17(11)21-5)18(19)15-8-13(3)16(20-4)9-12(15)2/h6-10,18-19H,1-5H3. The lowest BCUT2D eigenvalue weighted by atomic mass is 9.94. The third kappa shape index (κ3) is 3.03. The van der Waals surface area contributed by atoms with E-state index >= 15 is 0 Å². The molecule has 0 aliphatic heterocycles. The maximum atomic E-state index is 10.7. The molecule has 2 aromatic rings. The van der Waals surface area contributed by atoms with Crippen molar-refractivity contribution < 1.29 is 14.6 Å². The van der Waals surface area contributed by atoms with Crippen LogP contribution in [-0.2, 0) is 0 Å². The van der Waals surface area contributed by atoms with Gasteiger partial charge in [-0.05, 0) is 66.8 Å². The Balaban J connectivity index is 2.44. The fourth-order valence-corrected chi connectivity index (χ4v) is 2.51. The predicted molar refractivity (Wildman–Crippen MR) is 84.3 cm³/mol. The normalized spacial score (nSPS) is 12.1. The third-order valence-corrected chi connectivity index (χ3v) is 3.83. The second-order valence-electron chi connectivity index (χ2n) is 5.31. The summed E-state index contributed by atoms with van der Waals surface area (Å²) in [6, 6.07) is 9.72. The molecule has 0 spiro atoms. The van der Waals surface area contributed by atoms with Crippen LogP contribution in [0.3, 0.4) is 0 Å². The van der Waals surface area contributed by atoms with Crippen LogP contribution in [0.25, 0.3) is 0 Å². The van der Waals surface area contributed by atoms with Crippen LogP contribution in [0.5, 0.6) is 11.5 Å². The van der Waals surface area contributed by atoms with E-state index in [1.54, 1.807) is 14.2 Å². The lowest BCUT2D eigenvalue weighted by Crippen LogP contribution is -2.04. The molecular formula is C18H22O3. The fraction of sp³-hybridized carbons (Fsp3) is 0.333. The fourth-order valence-electron chi connectivity index (χ4n) is 2.51. The summed E-state index contributed by atoms with van der Waals surface area (Å²) in [6.07, 6.45) is -0.677. The Morgan fingerprint density at radius 1 is 0.810 bits per heavy atom. The quantitative estimate of drug-likeness (QED) is 0.931. The maximum absolute atomic E-state index is 10.7. The van der Waals surface area contributed by atoms with E-state index in [1.165, 1.54) is 0 Å². The highest BCUT2D eigenvalue weighted by atomic mass is 16.5. The van der Waals surface area contributed by atoms with E-state index in [0.29, 0.717) is 0 Å². The monoisotopic (exact) mass is 286 g/mol. The van der Waals surface area contributed by atoms with Crippen LogP contribution in [0.4, 0.5) is 0 Å². The topological polar surface area (TPSA) is 38.7 Å². The van der Waals surface area contributed by atoms with Crippen LogP contribution in [0.15, 0.2) is 30.3 Å². The molecule has 2 aromatic carbocycles. The van der Waals surface area contributed by atoms with Crippen molar-refractivity contribution in [3.63, 3.8) is 0 Å². The van der Waals surface area contributed by atoms with E-state index in [0.717, 1.165) is 39.3 Å². The molecule has 1 N–H and O–H groups in total. The molecule has 2 rings (SSSR count).